The normalized spacial score (nSPS) is 22.7. The molecule has 6 rings (SSSR count). The molecule has 10 nitrogen and oxygen atoms in total. The van der Waals surface area contributed by atoms with Crippen molar-refractivity contribution in [3.63, 3.8) is 0 Å². The maximum atomic E-state index is 13.1. The third-order valence-corrected chi connectivity index (χ3v) is 10.0. The molecule has 2 aromatic heterocycles. The van der Waals surface area contributed by atoms with E-state index < -0.39 is 22.2 Å². The molecule has 2 aliphatic heterocycles. The van der Waals surface area contributed by atoms with Crippen LogP contribution in [-0.4, -0.2) is 71.6 Å². The smallest absolute Gasteiger partial charge is 0.411 e. The van der Waals surface area contributed by atoms with Crippen molar-refractivity contribution in [3.8, 4) is 23.1 Å². The fourth-order valence-corrected chi connectivity index (χ4v) is 7.58. The first-order valence-electron chi connectivity index (χ1n) is 17.1. The van der Waals surface area contributed by atoms with Crippen molar-refractivity contribution in [1.29, 1.82) is 0 Å². The van der Waals surface area contributed by atoms with Crippen molar-refractivity contribution in [1.82, 2.24) is 29.7 Å². The summed E-state index contributed by atoms with van der Waals surface area (Å²) < 4.78 is 11.3. The number of carbonyl (C=O) groups excluding carboxylic acids is 2. The molecule has 12 heteroatoms. The average molecular weight is 715 g/mol. The van der Waals surface area contributed by atoms with Gasteiger partial charge in [0.05, 0.1) is 28.3 Å². The number of imidazole rings is 2. The van der Waals surface area contributed by atoms with Gasteiger partial charge >= 0.3 is 12.2 Å². The number of nitrogens with one attached hydrogen (secondary N) is 2. The summed E-state index contributed by atoms with van der Waals surface area (Å²) >= 11 is 9.81. The maximum absolute atomic E-state index is 13.1. The molecule has 2 N–H and O–H groups in total. The van der Waals surface area contributed by atoms with Crippen LogP contribution in [0, 0.1) is 17.8 Å². The molecule has 4 heterocycles. The van der Waals surface area contributed by atoms with Gasteiger partial charge in [0.1, 0.15) is 27.7 Å². The summed E-state index contributed by atoms with van der Waals surface area (Å²) in [5.41, 5.74) is 4.00. The molecular formula is C38H46N6O4S2. The number of hydrogen-bond acceptors (Lipinski definition) is 8. The van der Waals surface area contributed by atoms with Crippen LogP contribution in [0.2, 0.25) is 0 Å². The molecule has 4 atom stereocenters. The Morgan fingerprint density at radius 2 is 1.62 bits per heavy atom. The van der Waals surface area contributed by atoms with Gasteiger partial charge in [-0.25, -0.2) is 19.6 Å². The first kappa shape index (κ1) is 35.7. The van der Waals surface area contributed by atoms with Crippen LogP contribution in [0.15, 0.2) is 48.7 Å². The van der Waals surface area contributed by atoms with Gasteiger partial charge in [0.15, 0.2) is 0 Å². The second-order valence-corrected chi connectivity index (χ2v) is 16.6. The molecule has 2 saturated heterocycles. The highest BCUT2D eigenvalue weighted by atomic mass is 32.1. The zero-order valence-electron chi connectivity index (χ0n) is 29.7. The fourth-order valence-electron chi connectivity index (χ4n) is 6.49. The molecule has 2 amide bonds. The number of carbonyl (C=O) groups is 2. The molecule has 2 aliphatic rings. The van der Waals surface area contributed by atoms with Crippen molar-refractivity contribution in [2.75, 3.05) is 13.1 Å². The van der Waals surface area contributed by atoms with Gasteiger partial charge in [-0.05, 0) is 103 Å². The Labute approximate surface area is 304 Å². The number of hydrogen-bond donors (Lipinski definition) is 4. The minimum Gasteiger partial charge on any atom is -0.444 e. The van der Waals surface area contributed by atoms with Crippen LogP contribution in [0.5, 0.6) is 0 Å². The zero-order valence-corrected chi connectivity index (χ0v) is 31.5. The summed E-state index contributed by atoms with van der Waals surface area (Å²) in [7, 11) is 0. The SMILES string of the molecule is CC1CN(C(=O)OC(C)(C)C)C(S)(c2nc3ccc(C#Cc4ccc(-c5cnc(C6CCCN(C(=O)OC(C)(C)C)C6S)[nH]5)cc4)cc3[nH]2)C1. The molecule has 2 fully saturated rings. The van der Waals surface area contributed by atoms with Gasteiger partial charge in [0.2, 0.25) is 0 Å². The fraction of sp³-hybridized carbons (Fsp3) is 0.474. The molecule has 0 bridgehead atoms. The highest BCUT2D eigenvalue weighted by Gasteiger charge is 2.49. The second-order valence-electron chi connectivity index (χ2n) is 15.4. The van der Waals surface area contributed by atoms with E-state index >= 15 is 0 Å². The van der Waals surface area contributed by atoms with Crippen LogP contribution in [0.4, 0.5) is 9.59 Å². The van der Waals surface area contributed by atoms with Gasteiger partial charge in [-0.15, -0.1) is 12.6 Å². The number of fused-ring (bicyclic) bond motifs is 1. The number of ether oxygens (including phenoxy) is 2. The largest absolute Gasteiger partial charge is 0.444 e. The van der Waals surface area contributed by atoms with E-state index in [1.165, 1.54) is 0 Å². The Bertz CT molecular complexity index is 1950. The summed E-state index contributed by atoms with van der Waals surface area (Å²) in [6.07, 6.45) is 3.45. The number of amides is 2. The average Bonchev–Trinajstić information content (AvgIpc) is 3.76. The molecule has 2 aromatic carbocycles. The summed E-state index contributed by atoms with van der Waals surface area (Å²) in [6.45, 7) is 14.4. The number of thiol groups is 2. The lowest BCUT2D eigenvalue weighted by molar-refractivity contribution is 0.0159. The summed E-state index contributed by atoms with van der Waals surface area (Å²) in [6, 6.07) is 13.8. The van der Waals surface area contributed by atoms with Gasteiger partial charge < -0.3 is 19.4 Å². The van der Waals surface area contributed by atoms with E-state index in [0.29, 0.717) is 25.3 Å². The lowest BCUT2D eigenvalue weighted by Gasteiger charge is -2.38. The molecule has 0 spiro atoms. The minimum atomic E-state index is -0.908. The quantitative estimate of drug-likeness (QED) is 0.126. The van der Waals surface area contributed by atoms with Crippen LogP contribution in [0.25, 0.3) is 22.3 Å². The number of likely N-dealkylation sites (tertiary alicyclic amines) is 2. The van der Waals surface area contributed by atoms with Gasteiger partial charge in [0.25, 0.3) is 0 Å². The molecule has 264 valence electrons. The Kier molecular flexibility index (Phi) is 9.70. The minimum absolute atomic E-state index is 0.0364. The van der Waals surface area contributed by atoms with Crippen LogP contribution in [0.3, 0.4) is 0 Å². The van der Waals surface area contributed by atoms with Crippen molar-refractivity contribution < 1.29 is 19.1 Å². The van der Waals surface area contributed by atoms with Crippen molar-refractivity contribution in [2.24, 2.45) is 5.92 Å². The number of piperidine rings is 1. The Morgan fingerprint density at radius 1 is 0.960 bits per heavy atom. The van der Waals surface area contributed by atoms with Crippen LogP contribution >= 0.6 is 25.3 Å². The predicted molar refractivity (Wildman–Crippen MR) is 201 cm³/mol. The Hall–Kier alpha value is -4.08. The second kappa shape index (κ2) is 13.6. The van der Waals surface area contributed by atoms with Gasteiger partial charge in [0, 0.05) is 30.1 Å². The van der Waals surface area contributed by atoms with E-state index in [2.05, 4.69) is 33.7 Å². The third kappa shape index (κ3) is 7.79. The molecule has 0 radical (unpaired) electrons. The van der Waals surface area contributed by atoms with E-state index in [0.717, 1.165) is 52.1 Å². The number of nitrogens with zero attached hydrogens (tertiary/aromatic N) is 4. The standard InChI is InChI=1S/C38H46N6O4S2/c1-23-20-38(50,44(22-23)35(46)48-37(5,6)7)33-41-28-17-14-25(19-29(28)42-33)11-10-24-12-15-26(16-13-24)30-21-39-31(40-30)27-9-8-18-43(32(27)49)34(45)47-36(2,3)4/h12-17,19,21,23,27,32,49-50H,8-9,18,20,22H2,1-7H3,(H,39,40)(H,41,42). The molecule has 4 aromatic rings. The Morgan fingerprint density at radius 3 is 2.32 bits per heavy atom. The monoisotopic (exact) mass is 714 g/mol. The zero-order chi connectivity index (χ0) is 36.0. The highest BCUT2D eigenvalue weighted by molar-refractivity contribution is 7.81. The van der Waals surface area contributed by atoms with Crippen molar-refractivity contribution >= 4 is 48.5 Å². The number of H-pyrrole nitrogens is 2. The van der Waals surface area contributed by atoms with Crippen molar-refractivity contribution in [3.05, 3.63) is 71.4 Å². The van der Waals surface area contributed by atoms with E-state index in [-0.39, 0.29) is 23.3 Å². The van der Waals surface area contributed by atoms with Crippen molar-refractivity contribution in [2.45, 2.75) is 95.1 Å². The van der Waals surface area contributed by atoms with Crippen LogP contribution in [-0.2, 0) is 14.3 Å². The topological polar surface area (TPSA) is 116 Å². The molecule has 4 unspecified atom stereocenters. The lowest BCUT2D eigenvalue weighted by Crippen LogP contribution is -2.47. The van der Waals surface area contributed by atoms with E-state index in [9.17, 15) is 9.59 Å². The first-order chi connectivity index (χ1) is 23.5. The predicted octanol–water partition coefficient (Wildman–Crippen LogP) is 8.08. The van der Waals surface area contributed by atoms with E-state index in [1.807, 2.05) is 90.2 Å². The van der Waals surface area contributed by atoms with Gasteiger partial charge in [-0.2, -0.15) is 12.6 Å². The lowest BCUT2D eigenvalue weighted by atomic mass is 9.97. The van der Waals surface area contributed by atoms with Gasteiger partial charge in [-0.3, -0.25) is 9.80 Å². The van der Waals surface area contributed by atoms with Crippen LogP contribution < -0.4 is 0 Å². The number of aromatic nitrogens is 4. The third-order valence-electron chi connectivity index (χ3n) is 8.76. The summed E-state index contributed by atoms with van der Waals surface area (Å²) in [4.78, 5) is 44.7. The molecular weight excluding hydrogens is 669 g/mol. The Balaban J connectivity index is 1.14. The molecule has 50 heavy (non-hydrogen) atoms. The van der Waals surface area contributed by atoms with Gasteiger partial charge in [-0.1, -0.05) is 30.9 Å². The molecule has 0 aliphatic carbocycles. The number of benzene rings is 2. The number of rotatable bonds is 3. The number of aromatic amines is 2. The summed E-state index contributed by atoms with van der Waals surface area (Å²) in [5.74, 6) is 8.15. The first-order valence-corrected chi connectivity index (χ1v) is 18.0. The molecule has 0 saturated carbocycles. The van der Waals surface area contributed by atoms with E-state index in [1.54, 1.807) is 9.80 Å². The van der Waals surface area contributed by atoms with E-state index in [4.69, 9.17) is 39.7 Å². The maximum Gasteiger partial charge on any atom is 0.411 e. The highest BCUT2D eigenvalue weighted by Crippen LogP contribution is 2.44. The summed E-state index contributed by atoms with van der Waals surface area (Å²) in [5, 5.41) is -0.333. The van der Waals surface area contributed by atoms with Crippen LogP contribution in [0.1, 0.15) is 96.4 Å².